The van der Waals surface area contributed by atoms with Gasteiger partial charge in [0.15, 0.2) is 0 Å². The number of carboxylic acid groups (broad SMARTS) is 1. The molecule has 0 radical (unpaired) electrons. The molecule has 1 aliphatic carbocycles. The number of alkyl halides is 2. The zero-order valence-corrected chi connectivity index (χ0v) is 7.01. The summed E-state index contributed by atoms with van der Waals surface area (Å²) in [5.41, 5.74) is -0.135. The molecule has 0 aliphatic heterocycles. The molecule has 1 rings (SSSR count). The third-order valence-corrected chi connectivity index (χ3v) is 2.03. The van der Waals surface area contributed by atoms with E-state index < -0.39 is 36.3 Å². The molecule has 80 valence electrons. The summed E-state index contributed by atoms with van der Waals surface area (Å²) in [6.45, 7) is 0. The lowest BCUT2D eigenvalue weighted by molar-refractivity contribution is -0.161. The number of hydrogen-bond acceptors (Lipinski definition) is 3. The Balaban J connectivity index is 2.74. The average Bonchev–Trinajstić information content (AvgIpc) is 1.97. The highest BCUT2D eigenvalue weighted by Crippen LogP contribution is 2.45. The molecular formula is C6H9F2N3O3. The number of amides is 2. The van der Waals surface area contributed by atoms with E-state index in [4.69, 9.17) is 10.9 Å². The number of carbonyl (C=O) groups is 2. The number of hydrogen-bond donors (Lipinski definition) is 4. The third kappa shape index (κ3) is 1.74. The van der Waals surface area contributed by atoms with Crippen molar-refractivity contribution in [3.8, 4) is 0 Å². The van der Waals surface area contributed by atoms with Crippen molar-refractivity contribution in [3.05, 3.63) is 0 Å². The van der Waals surface area contributed by atoms with Crippen molar-refractivity contribution in [1.29, 1.82) is 0 Å². The average molecular weight is 209 g/mol. The molecule has 8 heteroatoms. The van der Waals surface area contributed by atoms with Crippen LogP contribution in [0.15, 0.2) is 0 Å². The lowest BCUT2D eigenvalue weighted by Crippen LogP contribution is -2.70. The molecule has 0 bridgehead atoms. The minimum Gasteiger partial charge on any atom is -0.465 e. The first-order valence-corrected chi connectivity index (χ1v) is 3.71. The van der Waals surface area contributed by atoms with Crippen molar-refractivity contribution >= 4 is 12.0 Å². The summed E-state index contributed by atoms with van der Waals surface area (Å²) in [4.78, 5) is 21.3. The fourth-order valence-corrected chi connectivity index (χ4v) is 1.48. The molecule has 6 nitrogen and oxygen atoms in total. The van der Waals surface area contributed by atoms with Crippen LogP contribution in [-0.2, 0) is 4.79 Å². The third-order valence-electron chi connectivity index (χ3n) is 2.03. The van der Waals surface area contributed by atoms with Gasteiger partial charge in [0.1, 0.15) is 5.54 Å². The van der Waals surface area contributed by atoms with E-state index in [0.29, 0.717) is 0 Å². The van der Waals surface area contributed by atoms with Gasteiger partial charge in [0.05, 0.1) is 0 Å². The van der Waals surface area contributed by atoms with Crippen LogP contribution in [0.2, 0.25) is 0 Å². The standard InChI is InChI=1S/C6H9F2N3O3/c7-6(8)1-5(2-6,3(12)11-9)10-4(13)14/h10H,1-2,9H2,(H,11,12)(H,13,14). The van der Waals surface area contributed by atoms with Crippen molar-refractivity contribution in [1.82, 2.24) is 10.7 Å². The minimum absolute atomic E-state index is 0.866. The highest BCUT2D eigenvalue weighted by Gasteiger charge is 2.61. The summed E-state index contributed by atoms with van der Waals surface area (Å²) in [5.74, 6) is 0.783. The predicted octanol–water partition coefficient (Wildman–Crippen LogP) is -0.588. The van der Waals surface area contributed by atoms with E-state index in [1.165, 1.54) is 0 Å². The molecule has 1 fully saturated rings. The van der Waals surface area contributed by atoms with E-state index in [1.807, 2.05) is 0 Å². The Morgan fingerprint density at radius 3 is 2.14 bits per heavy atom. The normalized spacial score (nSPS) is 21.9. The van der Waals surface area contributed by atoms with Gasteiger partial charge < -0.3 is 10.4 Å². The maximum absolute atomic E-state index is 12.5. The predicted molar refractivity (Wildman–Crippen MR) is 40.4 cm³/mol. The molecule has 0 spiro atoms. The Hall–Kier alpha value is -1.44. The van der Waals surface area contributed by atoms with Crippen molar-refractivity contribution in [3.63, 3.8) is 0 Å². The first kappa shape index (κ1) is 10.6. The molecule has 0 saturated heterocycles. The summed E-state index contributed by atoms with van der Waals surface area (Å²) in [6.07, 6.45) is -3.27. The van der Waals surface area contributed by atoms with Crippen LogP contribution in [0.25, 0.3) is 0 Å². The Bertz CT molecular complexity index is 273. The molecule has 0 aromatic rings. The Kier molecular flexibility index (Phi) is 2.32. The van der Waals surface area contributed by atoms with Gasteiger partial charge in [-0.15, -0.1) is 0 Å². The second-order valence-electron chi connectivity index (χ2n) is 3.20. The van der Waals surface area contributed by atoms with E-state index >= 15 is 0 Å². The van der Waals surface area contributed by atoms with Gasteiger partial charge in [0, 0.05) is 12.8 Å². The van der Waals surface area contributed by atoms with Crippen LogP contribution in [0.1, 0.15) is 12.8 Å². The van der Waals surface area contributed by atoms with Gasteiger partial charge in [-0.2, -0.15) is 0 Å². The van der Waals surface area contributed by atoms with Crippen LogP contribution in [0.4, 0.5) is 13.6 Å². The van der Waals surface area contributed by atoms with Crippen LogP contribution >= 0.6 is 0 Å². The fourth-order valence-electron chi connectivity index (χ4n) is 1.48. The summed E-state index contributed by atoms with van der Waals surface area (Å²) >= 11 is 0. The van der Waals surface area contributed by atoms with E-state index in [2.05, 4.69) is 0 Å². The maximum Gasteiger partial charge on any atom is 0.405 e. The second kappa shape index (κ2) is 3.05. The quantitative estimate of drug-likeness (QED) is 0.277. The molecule has 5 N–H and O–H groups in total. The van der Waals surface area contributed by atoms with Crippen molar-refractivity contribution in [2.45, 2.75) is 24.3 Å². The minimum atomic E-state index is -3.02. The molecule has 0 aromatic carbocycles. The highest BCUT2D eigenvalue weighted by atomic mass is 19.3. The molecular weight excluding hydrogens is 200 g/mol. The van der Waals surface area contributed by atoms with Gasteiger partial charge in [0.2, 0.25) is 0 Å². The van der Waals surface area contributed by atoms with Crippen LogP contribution in [-0.4, -0.2) is 28.6 Å². The number of rotatable bonds is 2. The Morgan fingerprint density at radius 1 is 1.36 bits per heavy atom. The smallest absolute Gasteiger partial charge is 0.405 e. The van der Waals surface area contributed by atoms with E-state index in [0.717, 1.165) is 0 Å². The van der Waals surface area contributed by atoms with E-state index in [9.17, 15) is 18.4 Å². The number of nitrogens with one attached hydrogen (secondary N) is 2. The Morgan fingerprint density at radius 2 is 1.86 bits per heavy atom. The molecule has 0 unspecified atom stereocenters. The van der Waals surface area contributed by atoms with Gasteiger partial charge in [-0.3, -0.25) is 10.2 Å². The topological polar surface area (TPSA) is 104 Å². The number of carbonyl (C=O) groups excluding carboxylic acids is 1. The van der Waals surface area contributed by atoms with Gasteiger partial charge in [0.25, 0.3) is 11.8 Å². The zero-order valence-electron chi connectivity index (χ0n) is 7.01. The summed E-state index contributed by atoms with van der Waals surface area (Å²) in [7, 11) is 0. The summed E-state index contributed by atoms with van der Waals surface area (Å²) < 4.78 is 25.1. The van der Waals surface area contributed by atoms with E-state index in [1.54, 1.807) is 10.7 Å². The lowest BCUT2D eigenvalue weighted by atomic mass is 9.73. The monoisotopic (exact) mass is 209 g/mol. The van der Waals surface area contributed by atoms with Crippen LogP contribution in [0.5, 0.6) is 0 Å². The SMILES string of the molecule is NNC(=O)C1(NC(=O)O)CC(F)(F)C1. The summed E-state index contributed by atoms with van der Waals surface area (Å²) in [6, 6.07) is 0. The van der Waals surface area contributed by atoms with Gasteiger partial charge in [-0.1, -0.05) is 0 Å². The first-order valence-electron chi connectivity index (χ1n) is 3.71. The number of nitrogens with two attached hydrogens (primary N) is 1. The zero-order chi connectivity index (χ0) is 11.0. The lowest BCUT2D eigenvalue weighted by Gasteiger charge is -2.44. The van der Waals surface area contributed by atoms with Crippen molar-refractivity contribution in [2.24, 2.45) is 5.84 Å². The molecule has 0 aromatic heterocycles. The number of halogens is 2. The fraction of sp³-hybridized carbons (Fsp3) is 0.667. The van der Waals surface area contributed by atoms with Crippen molar-refractivity contribution in [2.75, 3.05) is 0 Å². The van der Waals surface area contributed by atoms with Gasteiger partial charge in [-0.05, 0) is 0 Å². The molecule has 2 amide bonds. The molecule has 0 heterocycles. The van der Waals surface area contributed by atoms with Crippen LogP contribution < -0.4 is 16.6 Å². The van der Waals surface area contributed by atoms with Gasteiger partial charge >= 0.3 is 6.09 Å². The van der Waals surface area contributed by atoms with Crippen molar-refractivity contribution < 1.29 is 23.5 Å². The largest absolute Gasteiger partial charge is 0.465 e. The molecule has 14 heavy (non-hydrogen) atoms. The highest BCUT2D eigenvalue weighted by molar-refractivity contribution is 5.90. The molecule has 1 aliphatic rings. The van der Waals surface area contributed by atoms with Crippen LogP contribution in [0, 0.1) is 0 Å². The number of hydrazine groups is 1. The van der Waals surface area contributed by atoms with E-state index in [-0.39, 0.29) is 0 Å². The Labute approximate surface area is 77.4 Å². The first-order chi connectivity index (χ1) is 6.31. The molecule has 0 atom stereocenters. The van der Waals surface area contributed by atoms with Gasteiger partial charge in [-0.25, -0.2) is 19.4 Å². The van der Waals surface area contributed by atoms with Crippen LogP contribution in [0.3, 0.4) is 0 Å². The maximum atomic E-state index is 12.5. The summed E-state index contributed by atoms with van der Waals surface area (Å²) in [5, 5.41) is 10.1. The second-order valence-corrected chi connectivity index (χ2v) is 3.20. The molecule has 1 saturated carbocycles.